The first-order chi connectivity index (χ1) is 4.89. The first-order valence-corrected chi connectivity index (χ1v) is 4.43. The molecule has 0 saturated heterocycles. The Morgan fingerprint density at radius 1 is 0.900 bits per heavy atom. The van der Waals surface area contributed by atoms with Crippen molar-refractivity contribution in [2.45, 2.75) is 38.5 Å². The molecule has 0 N–H and O–H groups in total. The number of hydrogen-bond donors (Lipinski definition) is 0. The molecule has 2 fully saturated rings. The topological polar surface area (TPSA) is 17.1 Å². The summed E-state index contributed by atoms with van der Waals surface area (Å²) in [6, 6.07) is 0. The van der Waals surface area contributed by atoms with Crippen LogP contribution in [0.5, 0.6) is 0 Å². The van der Waals surface area contributed by atoms with Crippen LogP contribution in [0.25, 0.3) is 0 Å². The van der Waals surface area contributed by atoms with E-state index in [0.29, 0.717) is 17.6 Å². The van der Waals surface area contributed by atoms with Gasteiger partial charge in [-0.15, -0.1) is 0 Å². The van der Waals surface area contributed by atoms with Gasteiger partial charge in [-0.05, 0) is 12.8 Å². The molecule has 0 aromatic rings. The van der Waals surface area contributed by atoms with Crippen LogP contribution in [0.2, 0.25) is 0 Å². The minimum atomic E-state index is 0.514. The molecule has 2 rings (SSSR count). The van der Waals surface area contributed by atoms with Crippen molar-refractivity contribution in [2.75, 3.05) is 0 Å². The Kier molecular flexibility index (Phi) is 1.51. The average molecular weight is 138 g/mol. The van der Waals surface area contributed by atoms with Gasteiger partial charge in [-0.2, -0.15) is 0 Å². The number of rotatable bonds is 0. The van der Waals surface area contributed by atoms with Crippen LogP contribution >= 0.6 is 0 Å². The zero-order valence-corrected chi connectivity index (χ0v) is 6.31. The number of carbonyl (C=O) groups excluding carboxylic acids is 1. The number of carbonyl (C=O) groups is 1. The third-order valence-corrected chi connectivity index (χ3v) is 2.89. The fourth-order valence-electron chi connectivity index (χ4n) is 2.12. The highest BCUT2D eigenvalue weighted by Crippen LogP contribution is 2.43. The maximum Gasteiger partial charge on any atom is 0.140 e. The molecule has 0 unspecified atom stereocenters. The minimum Gasteiger partial charge on any atom is -0.299 e. The number of fused-ring (bicyclic) bond motifs is 1. The average Bonchev–Trinajstić information content (AvgIpc) is 2.39. The first-order valence-electron chi connectivity index (χ1n) is 4.43. The molecule has 2 saturated carbocycles. The van der Waals surface area contributed by atoms with Gasteiger partial charge in [0.1, 0.15) is 5.78 Å². The molecule has 56 valence electrons. The van der Waals surface area contributed by atoms with Gasteiger partial charge >= 0.3 is 0 Å². The molecule has 0 heterocycles. The molecule has 10 heavy (non-hydrogen) atoms. The van der Waals surface area contributed by atoms with Crippen LogP contribution in [0.15, 0.2) is 0 Å². The second-order valence-corrected chi connectivity index (χ2v) is 3.61. The van der Waals surface area contributed by atoms with E-state index in [1.54, 1.807) is 0 Å². The molecule has 0 aromatic carbocycles. The molecule has 0 aromatic heterocycles. The van der Waals surface area contributed by atoms with Gasteiger partial charge in [0.05, 0.1) is 0 Å². The lowest BCUT2D eigenvalue weighted by Crippen LogP contribution is -1.90. The Labute approximate surface area is 61.8 Å². The second-order valence-electron chi connectivity index (χ2n) is 3.61. The van der Waals surface area contributed by atoms with E-state index in [9.17, 15) is 4.79 Å². The van der Waals surface area contributed by atoms with Crippen LogP contribution in [0.4, 0.5) is 0 Å². The lowest BCUT2D eigenvalue weighted by atomic mass is 10.0. The Morgan fingerprint density at radius 3 is 1.90 bits per heavy atom. The van der Waals surface area contributed by atoms with Crippen molar-refractivity contribution in [3.8, 4) is 0 Å². The third-order valence-electron chi connectivity index (χ3n) is 2.89. The number of Topliss-reactive ketones (excluding diaryl/α,β-unsaturated/α-hetero) is 1. The smallest absolute Gasteiger partial charge is 0.140 e. The Morgan fingerprint density at radius 2 is 1.40 bits per heavy atom. The summed E-state index contributed by atoms with van der Waals surface area (Å²) in [7, 11) is 0. The highest BCUT2D eigenvalue weighted by molar-refractivity contribution is 5.99. The standard InChI is InChI=1S/C9H14O/c10-9-7-5-3-1-2-4-6-8(7)9/h7-8H,1-6H2/t7-,8+. The normalized spacial score (nSPS) is 39.8. The van der Waals surface area contributed by atoms with Crippen molar-refractivity contribution in [1.29, 1.82) is 0 Å². The summed E-state index contributed by atoms with van der Waals surface area (Å²) >= 11 is 0. The van der Waals surface area contributed by atoms with Crippen molar-refractivity contribution >= 4 is 5.78 Å². The van der Waals surface area contributed by atoms with Gasteiger partial charge in [0.15, 0.2) is 0 Å². The molecule has 1 nitrogen and oxygen atoms in total. The molecule has 0 amide bonds. The van der Waals surface area contributed by atoms with Crippen LogP contribution < -0.4 is 0 Å². The summed E-state index contributed by atoms with van der Waals surface area (Å²) in [5.41, 5.74) is 0. The summed E-state index contributed by atoms with van der Waals surface area (Å²) in [6.45, 7) is 0. The summed E-state index contributed by atoms with van der Waals surface area (Å²) in [6.07, 6.45) is 7.71. The Hall–Kier alpha value is -0.330. The molecule has 0 spiro atoms. The summed E-state index contributed by atoms with van der Waals surface area (Å²) < 4.78 is 0. The number of hydrogen-bond acceptors (Lipinski definition) is 1. The summed E-state index contributed by atoms with van der Waals surface area (Å²) in [5, 5.41) is 0. The van der Waals surface area contributed by atoms with Gasteiger partial charge in [-0.3, -0.25) is 4.79 Å². The molecule has 2 aliphatic rings. The van der Waals surface area contributed by atoms with Gasteiger partial charge in [0.2, 0.25) is 0 Å². The fraction of sp³-hybridized carbons (Fsp3) is 0.889. The molecule has 2 aliphatic carbocycles. The molecule has 0 radical (unpaired) electrons. The van der Waals surface area contributed by atoms with Crippen LogP contribution in [-0.2, 0) is 4.79 Å². The highest BCUT2D eigenvalue weighted by atomic mass is 16.1. The SMILES string of the molecule is O=C1[C@H]2CCCCCC[C@@H]12. The van der Waals surface area contributed by atoms with E-state index in [2.05, 4.69) is 0 Å². The van der Waals surface area contributed by atoms with Gasteiger partial charge in [0.25, 0.3) is 0 Å². The molecule has 0 aliphatic heterocycles. The van der Waals surface area contributed by atoms with Gasteiger partial charge in [-0.25, -0.2) is 0 Å². The maximum atomic E-state index is 11.0. The molecule has 0 bridgehead atoms. The summed E-state index contributed by atoms with van der Waals surface area (Å²) in [4.78, 5) is 11.0. The Bertz CT molecular complexity index is 135. The van der Waals surface area contributed by atoms with Gasteiger partial charge in [0, 0.05) is 11.8 Å². The second kappa shape index (κ2) is 2.37. The first kappa shape index (κ1) is 6.38. The zero-order chi connectivity index (χ0) is 6.97. The van der Waals surface area contributed by atoms with E-state index < -0.39 is 0 Å². The predicted molar refractivity (Wildman–Crippen MR) is 39.7 cm³/mol. The van der Waals surface area contributed by atoms with Crippen molar-refractivity contribution in [3.63, 3.8) is 0 Å². The van der Waals surface area contributed by atoms with E-state index in [1.165, 1.54) is 38.5 Å². The zero-order valence-electron chi connectivity index (χ0n) is 6.31. The minimum absolute atomic E-state index is 0.514. The fourth-order valence-corrected chi connectivity index (χ4v) is 2.12. The predicted octanol–water partition coefficient (Wildman–Crippen LogP) is 2.16. The molecular formula is C9H14O. The van der Waals surface area contributed by atoms with Crippen LogP contribution in [-0.4, -0.2) is 5.78 Å². The highest BCUT2D eigenvalue weighted by Gasteiger charge is 2.47. The lowest BCUT2D eigenvalue weighted by molar-refractivity contribution is -0.112. The quantitative estimate of drug-likeness (QED) is 0.501. The van der Waals surface area contributed by atoms with Crippen LogP contribution in [0, 0.1) is 11.8 Å². The monoisotopic (exact) mass is 138 g/mol. The summed E-state index contributed by atoms with van der Waals surface area (Å²) in [5.74, 6) is 1.60. The van der Waals surface area contributed by atoms with Gasteiger partial charge in [-0.1, -0.05) is 25.7 Å². The lowest BCUT2D eigenvalue weighted by Gasteiger charge is -2.03. The van der Waals surface area contributed by atoms with Crippen LogP contribution in [0.1, 0.15) is 38.5 Å². The van der Waals surface area contributed by atoms with Crippen molar-refractivity contribution in [3.05, 3.63) is 0 Å². The van der Waals surface area contributed by atoms with E-state index >= 15 is 0 Å². The van der Waals surface area contributed by atoms with E-state index in [1.807, 2.05) is 0 Å². The van der Waals surface area contributed by atoms with Crippen molar-refractivity contribution in [1.82, 2.24) is 0 Å². The molecular weight excluding hydrogens is 124 g/mol. The Balaban J connectivity index is 1.92. The van der Waals surface area contributed by atoms with Gasteiger partial charge < -0.3 is 0 Å². The third kappa shape index (κ3) is 0.979. The van der Waals surface area contributed by atoms with E-state index in [0.717, 1.165) is 0 Å². The van der Waals surface area contributed by atoms with E-state index in [4.69, 9.17) is 0 Å². The van der Waals surface area contributed by atoms with E-state index in [-0.39, 0.29) is 0 Å². The van der Waals surface area contributed by atoms with Crippen molar-refractivity contribution < 1.29 is 4.79 Å². The van der Waals surface area contributed by atoms with Crippen LogP contribution in [0.3, 0.4) is 0 Å². The molecule has 2 atom stereocenters. The molecule has 1 heteroatoms. The number of ketones is 1. The largest absolute Gasteiger partial charge is 0.299 e. The van der Waals surface area contributed by atoms with Crippen molar-refractivity contribution in [2.24, 2.45) is 11.8 Å². The maximum absolute atomic E-state index is 11.0.